The van der Waals surface area contributed by atoms with Gasteiger partial charge in [-0.3, -0.25) is 9.36 Å². The summed E-state index contributed by atoms with van der Waals surface area (Å²) >= 11 is 1.49. The van der Waals surface area contributed by atoms with Gasteiger partial charge in [-0.05, 0) is 57.0 Å². The third-order valence-electron chi connectivity index (χ3n) is 5.05. The molecule has 30 heavy (non-hydrogen) atoms. The average molecular weight is 423 g/mol. The Hall–Kier alpha value is -2.80. The monoisotopic (exact) mass is 422 g/mol. The standard InChI is InChI=1S/C23H26N4O2S/c1-3-29-19-12-10-18(11-13-19)27-21(17-8-6-7-16(2)15-17)25-26-23(27)30-20-9-4-5-14-24-22(20)28/h6-8,10-13,15,20H,3-5,9,14H2,1-2H3,(H,24,28). The van der Waals surface area contributed by atoms with Gasteiger partial charge in [-0.1, -0.05) is 41.9 Å². The topological polar surface area (TPSA) is 69.0 Å². The number of carbonyl (C=O) groups excluding carboxylic acids is 1. The molecular formula is C23H26N4O2S. The van der Waals surface area contributed by atoms with Gasteiger partial charge in [-0.25, -0.2) is 0 Å². The van der Waals surface area contributed by atoms with Crippen molar-refractivity contribution in [2.75, 3.05) is 13.2 Å². The first-order valence-electron chi connectivity index (χ1n) is 10.4. The second-order valence-electron chi connectivity index (χ2n) is 7.33. The van der Waals surface area contributed by atoms with Gasteiger partial charge < -0.3 is 10.1 Å². The van der Waals surface area contributed by atoms with Gasteiger partial charge in [-0.15, -0.1) is 10.2 Å². The number of benzene rings is 2. The maximum absolute atomic E-state index is 12.5. The van der Waals surface area contributed by atoms with Crippen molar-refractivity contribution >= 4 is 17.7 Å². The largest absolute Gasteiger partial charge is 0.494 e. The molecule has 1 atom stereocenters. The molecule has 1 amide bonds. The number of rotatable bonds is 6. The smallest absolute Gasteiger partial charge is 0.233 e. The highest BCUT2D eigenvalue weighted by Gasteiger charge is 2.26. The molecule has 0 radical (unpaired) electrons. The minimum absolute atomic E-state index is 0.0795. The van der Waals surface area contributed by atoms with Crippen LogP contribution in [-0.2, 0) is 4.79 Å². The molecule has 0 saturated carbocycles. The summed E-state index contributed by atoms with van der Waals surface area (Å²) < 4.78 is 7.62. The second-order valence-corrected chi connectivity index (χ2v) is 8.50. The summed E-state index contributed by atoms with van der Waals surface area (Å²) in [4.78, 5) is 12.5. The highest BCUT2D eigenvalue weighted by molar-refractivity contribution is 8.00. The Balaban J connectivity index is 1.75. The van der Waals surface area contributed by atoms with Crippen LogP contribution in [0.25, 0.3) is 17.1 Å². The van der Waals surface area contributed by atoms with E-state index in [1.807, 2.05) is 47.9 Å². The Labute approximate surface area is 181 Å². The molecule has 1 unspecified atom stereocenters. The molecule has 2 heterocycles. The summed E-state index contributed by atoms with van der Waals surface area (Å²) in [6.45, 7) is 5.40. The first kappa shape index (κ1) is 20.5. The number of aryl methyl sites for hydroxylation is 1. The van der Waals surface area contributed by atoms with Gasteiger partial charge in [0.25, 0.3) is 0 Å². The van der Waals surface area contributed by atoms with E-state index in [0.29, 0.717) is 6.61 Å². The Morgan fingerprint density at radius 1 is 1.17 bits per heavy atom. The number of hydrogen-bond acceptors (Lipinski definition) is 5. The lowest BCUT2D eigenvalue weighted by atomic mass is 10.1. The number of thioether (sulfide) groups is 1. The van der Waals surface area contributed by atoms with Gasteiger partial charge >= 0.3 is 0 Å². The van der Waals surface area contributed by atoms with Crippen LogP contribution in [0.2, 0.25) is 0 Å². The van der Waals surface area contributed by atoms with Gasteiger partial charge in [-0.2, -0.15) is 0 Å². The van der Waals surface area contributed by atoms with E-state index in [0.717, 1.165) is 59.4 Å². The SMILES string of the molecule is CCOc1ccc(-n2c(SC3CCCCNC3=O)nnc2-c2cccc(C)c2)cc1. The van der Waals surface area contributed by atoms with E-state index in [2.05, 4.69) is 34.6 Å². The average Bonchev–Trinajstić information content (AvgIpc) is 3.06. The fraction of sp³-hybridized carbons (Fsp3) is 0.348. The van der Waals surface area contributed by atoms with Crippen molar-refractivity contribution in [1.82, 2.24) is 20.1 Å². The summed E-state index contributed by atoms with van der Waals surface area (Å²) in [5, 5.41) is 12.6. The number of nitrogens with zero attached hydrogens (tertiary/aromatic N) is 3. The van der Waals surface area contributed by atoms with E-state index in [1.165, 1.54) is 11.8 Å². The zero-order valence-electron chi connectivity index (χ0n) is 17.3. The van der Waals surface area contributed by atoms with Crippen LogP contribution in [-0.4, -0.2) is 39.1 Å². The molecule has 1 fully saturated rings. The molecule has 0 bridgehead atoms. The van der Waals surface area contributed by atoms with E-state index < -0.39 is 0 Å². The van der Waals surface area contributed by atoms with E-state index in [9.17, 15) is 4.79 Å². The van der Waals surface area contributed by atoms with Crippen LogP contribution in [0.15, 0.2) is 53.7 Å². The minimum atomic E-state index is -0.163. The second kappa shape index (κ2) is 9.34. The molecule has 1 aliphatic heterocycles. The number of ether oxygens (including phenoxy) is 1. The van der Waals surface area contributed by atoms with Gasteiger partial charge in [0.1, 0.15) is 5.75 Å². The summed E-state index contributed by atoms with van der Waals surface area (Å²) in [5.74, 6) is 1.67. The van der Waals surface area contributed by atoms with Crippen molar-refractivity contribution in [3.8, 4) is 22.8 Å². The van der Waals surface area contributed by atoms with Crippen molar-refractivity contribution in [3.63, 3.8) is 0 Å². The number of hydrogen-bond donors (Lipinski definition) is 1. The number of aromatic nitrogens is 3. The van der Waals surface area contributed by atoms with Crippen LogP contribution in [0.1, 0.15) is 31.7 Å². The molecule has 4 rings (SSSR count). The molecule has 1 saturated heterocycles. The summed E-state index contributed by atoms with van der Waals surface area (Å²) in [7, 11) is 0. The predicted octanol–water partition coefficient (Wildman–Crippen LogP) is 4.40. The zero-order chi connectivity index (χ0) is 20.9. The number of carbonyl (C=O) groups is 1. The van der Waals surface area contributed by atoms with Gasteiger partial charge in [0.15, 0.2) is 11.0 Å². The van der Waals surface area contributed by atoms with Crippen molar-refractivity contribution < 1.29 is 9.53 Å². The molecular weight excluding hydrogens is 396 g/mol. The predicted molar refractivity (Wildman–Crippen MR) is 119 cm³/mol. The van der Waals surface area contributed by atoms with Gasteiger partial charge in [0.05, 0.1) is 11.9 Å². The summed E-state index contributed by atoms with van der Waals surface area (Å²) in [6, 6.07) is 16.1. The van der Waals surface area contributed by atoms with Crippen LogP contribution in [0.4, 0.5) is 0 Å². The molecule has 156 valence electrons. The molecule has 1 N–H and O–H groups in total. The van der Waals surface area contributed by atoms with Crippen LogP contribution in [0, 0.1) is 6.92 Å². The molecule has 0 spiro atoms. The molecule has 7 heteroatoms. The third kappa shape index (κ3) is 4.51. The Morgan fingerprint density at radius 2 is 2.00 bits per heavy atom. The Morgan fingerprint density at radius 3 is 2.77 bits per heavy atom. The van der Waals surface area contributed by atoms with Crippen molar-refractivity contribution in [2.24, 2.45) is 0 Å². The highest BCUT2D eigenvalue weighted by atomic mass is 32.2. The molecule has 1 aliphatic rings. The lowest BCUT2D eigenvalue weighted by Gasteiger charge is -2.15. The van der Waals surface area contributed by atoms with E-state index >= 15 is 0 Å². The fourth-order valence-electron chi connectivity index (χ4n) is 3.56. The van der Waals surface area contributed by atoms with E-state index in [-0.39, 0.29) is 11.2 Å². The molecule has 0 aliphatic carbocycles. The van der Waals surface area contributed by atoms with Crippen LogP contribution in [0.5, 0.6) is 5.75 Å². The number of nitrogens with one attached hydrogen (secondary N) is 1. The zero-order valence-corrected chi connectivity index (χ0v) is 18.1. The van der Waals surface area contributed by atoms with Crippen molar-refractivity contribution in [2.45, 2.75) is 43.5 Å². The van der Waals surface area contributed by atoms with Gasteiger partial charge in [0.2, 0.25) is 5.91 Å². The molecule has 2 aromatic carbocycles. The molecule has 1 aromatic heterocycles. The third-order valence-corrected chi connectivity index (χ3v) is 6.26. The quantitative estimate of drug-likeness (QED) is 0.638. The maximum atomic E-state index is 12.5. The summed E-state index contributed by atoms with van der Waals surface area (Å²) in [6.07, 6.45) is 2.88. The summed E-state index contributed by atoms with van der Waals surface area (Å²) in [5.41, 5.74) is 3.09. The van der Waals surface area contributed by atoms with Crippen molar-refractivity contribution in [3.05, 3.63) is 54.1 Å². The molecule has 3 aromatic rings. The minimum Gasteiger partial charge on any atom is -0.494 e. The number of amides is 1. The van der Waals surface area contributed by atoms with E-state index in [4.69, 9.17) is 4.74 Å². The normalized spacial score (nSPS) is 16.7. The lowest BCUT2D eigenvalue weighted by Crippen LogP contribution is -2.30. The van der Waals surface area contributed by atoms with Gasteiger partial charge in [0, 0.05) is 17.8 Å². The first-order valence-corrected chi connectivity index (χ1v) is 11.2. The first-order chi connectivity index (χ1) is 14.7. The lowest BCUT2D eigenvalue weighted by molar-refractivity contribution is -0.120. The van der Waals surface area contributed by atoms with Crippen LogP contribution >= 0.6 is 11.8 Å². The van der Waals surface area contributed by atoms with Crippen molar-refractivity contribution in [1.29, 1.82) is 0 Å². The molecule has 6 nitrogen and oxygen atoms in total. The van der Waals surface area contributed by atoms with E-state index in [1.54, 1.807) is 0 Å². The fourth-order valence-corrected chi connectivity index (χ4v) is 4.67. The highest BCUT2D eigenvalue weighted by Crippen LogP contribution is 2.33. The Bertz CT molecular complexity index is 1020. The van der Waals surface area contributed by atoms with Crippen LogP contribution < -0.4 is 10.1 Å². The Kier molecular flexibility index (Phi) is 6.38. The van der Waals surface area contributed by atoms with Crippen LogP contribution in [0.3, 0.4) is 0 Å². The maximum Gasteiger partial charge on any atom is 0.233 e.